The zero-order chi connectivity index (χ0) is 17.8. The quantitative estimate of drug-likeness (QED) is 0.678. The van der Waals surface area contributed by atoms with Crippen molar-refractivity contribution < 1.29 is 4.42 Å². The summed E-state index contributed by atoms with van der Waals surface area (Å²) in [5, 5.41) is 0. The SMILES string of the molecule is Cc1nccn1CC[C@H]1CCCCN1Cc1cnc(-c2ccco2)nc1. The van der Waals surface area contributed by atoms with Crippen LogP contribution in [0.4, 0.5) is 0 Å². The third-order valence-electron chi connectivity index (χ3n) is 5.21. The lowest BCUT2D eigenvalue weighted by atomic mass is 9.98. The van der Waals surface area contributed by atoms with E-state index < -0.39 is 0 Å². The summed E-state index contributed by atoms with van der Waals surface area (Å²) in [6, 6.07) is 4.34. The molecule has 6 nitrogen and oxygen atoms in total. The van der Waals surface area contributed by atoms with E-state index in [1.807, 2.05) is 30.7 Å². The second kappa shape index (κ2) is 7.83. The molecule has 0 aromatic carbocycles. The van der Waals surface area contributed by atoms with Crippen molar-refractivity contribution in [1.29, 1.82) is 0 Å². The zero-order valence-electron chi connectivity index (χ0n) is 15.2. The fourth-order valence-corrected chi connectivity index (χ4v) is 3.73. The molecule has 4 rings (SSSR count). The molecule has 1 atom stereocenters. The third-order valence-corrected chi connectivity index (χ3v) is 5.21. The fraction of sp³-hybridized carbons (Fsp3) is 0.450. The normalized spacial score (nSPS) is 18.3. The van der Waals surface area contributed by atoms with Crippen molar-refractivity contribution in [2.24, 2.45) is 0 Å². The van der Waals surface area contributed by atoms with Gasteiger partial charge in [0.25, 0.3) is 0 Å². The number of furan rings is 1. The average molecular weight is 351 g/mol. The molecule has 26 heavy (non-hydrogen) atoms. The Morgan fingerprint density at radius 1 is 1.19 bits per heavy atom. The molecular formula is C20H25N5O. The molecule has 1 saturated heterocycles. The minimum absolute atomic E-state index is 0.607. The van der Waals surface area contributed by atoms with Gasteiger partial charge in [0.2, 0.25) is 0 Å². The minimum atomic E-state index is 0.607. The van der Waals surface area contributed by atoms with Crippen molar-refractivity contribution >= 4 is 0 Å². The molecule has 0 saturated carbocycles. The third kappa shape index (κ3) is 3.85. The lowest BCUT2D eigenvalue weighted by molar-refractivity contribution is 0.128. The van der Waals surface area contributed by atoms with Crippen molar-refractivity contribution in [1.82, 2.24) is 24.4 Å². The standard InChI is InChI=1S/C20H25N5O/c1-16-21-8-11-24(16)10-7-18-5-2-3-9-25(18)15-17-13-22-20(23-14-17)19-6-4-12-26-19/h4,6,8,11-14,18H,2-3,5,7,9-10,15H2,1H3/t18-/m1/s1. The van der Waals surface area contributed by atoms with Crippen LogP contribution >= 0.6 is 0 Å². The summed E-state index contributed by atoms with van der Waals surface area (Å²) >= 11 is 0. The molecule has 3 aromatic rings. The molecule has 3 aromatic heterocycles. The molecule has 1 aliphatic rings. The Morgan fingerprint density at radius 2 is 2.08 bits per heavy atom. The van der Waals surface area contributed by atoms with Gasteiger partial charge < -0.3 is 8.98 Å². The monoisotopic (exact) mass is 351 g/mol. The Kier molecular flexibility index (Phi) is 5.11. The van der Waals surface area contributed by atoms with Crippen LogP contribution in [0, 0.1) is 6.92 Å². The van der Waals surface area contributed by atoms with Gasteiger partial charge in [-0.3, -0.25) is 4.90 Å². The first kappa shape index (κ1) is 17.0. The number of imidazole rings is 1. The van der Waals surface area contributed by atoms with Gasteiger partial charge in [0.1, 0.15) is 5.82 Å². The first-order valence-electron chi connectivity index (χ1n) is 9.36. The van der Waals surface area contributed by atoms with Crippen LogP contribution in [-0.4, -0.2) is 37.0 Å². The first-order valence-corrected chi connectivity index (χ1v) is 9.36. The van der Waals surface area contributed by atoms with Crippen LogP contribution < -0.4 is 0 Å². The van der Waals surface area contributed by atoms with Crippen molar-refractivity contribution in [3.63, 3.8) is 0 Å². The Hall–Kier alpha value is -2.47. The van der Waals surface area contributed by atoms with Crippen LogP contribution in [0.2, 0.25) is 0 Å². The molecule has 0 amide bonds. The van der Waals surface area contributed by atoms with E-state index in [-0.39, 0.29) is 0 Å². The molecule has 0 bridgehead atoms. The van der Waals surface area contributed by atoms with Gasteiger partial charge in [-0.05, 0) is 44.9 Å². The molecule has 0 unspecified atom stereocenters. The summed E-state index contributed by atoms with van der Waals surface area (Å²) in [5.41, 5.74) is 1.16. The van der Waals surface area contributed by atoms with Crippen LogP contribution in [0.25, 0.3) is 11.6 Å². The van der Waals surface area contributed by atoms with E-state index >= 15 is 0 Å². The van der Waals surface area contributed by atoms with Crippen LogP contribution in [0.5, 0.6) is 0 Å². The van der Waals surface area contributed by atoms with Crippen molar-refractivity contribution in [3.8, 4) is 11.6 Å². The highest BCUT2D eigenvalue weighted by Crippen LogP contribution is 2.23. The Bertz CT molecular complexity index is 809. The van der Waals surface area contributed by atoms with Crippen LogP contribution in [0.15, 0.2) is 47.6 Å². The molecule has 0 N–H and O–H groups in total. The smallest absolute Gasteiger partial charge is 0.195 e. The lowest BCUT2D eigenvalue weighted by Gasteiger charge is -2.36. The van der Waals surface area contributed by atoms with Crippen LogP contribution in [0.3, 0.4) is 0 Å². The molecule has 136 valence electrons. The van der Waals surface area contributed by atoms with E-state index in [2.05, 4.69) is 37.5 Å². The second-order valence-electron chi connectivity index (χ2n) is 6.97. The van der Waals surface area contributed by atoms with Gasteiger partial charge in [0, 0.05) is 49.5 Å². The highest BCUT2D eigenvalue weighted by atomic mass is 16.3. The maximum atomic E-state index is 5.36. The summed E-state index contributed by atoms with van der Waals surface area (Å²) < 4.78 is 7.60. The van der Waals surface area contributed by atoms with Crippen molar-refractivity contribution in [2.45, 2.75) is 51.7 Å². The molecule has 4 heterocycles. The van der Waals surface area contributed by atoms with E-state index in [1.165, 1.54) is 19.3 Å². The largest absolute Gasteiger partial charge is 0.461 e. The highest BCUT2D eigenvalue weighted by Gasteiger charge is 2.22. The second-order valence-corrected chi connectivity index (χ2v) is 6.97. The number of rotatable bonds is 6. The van der Waals surface area contributed by atoms with E-state index in [9.17, 15) is 0 Å². The topological polar surface area (TPSA) is 60.0 Å². The maximum Gasteiger partial charge on any atom is 0.195 e. The number of aromatic nitrogens is 4. The van der Waals surface area contributed by atoms with Gasteiger partial charge >= 0.3 is 0 Å². The van der Waals surface area contributed by atoms with Crippen LogP contribution in [0.1, 0.15) is 37.1 Å². The van der Waals surface area contributed by atoms with E-state index in [0.717, 1.165) is 37.4 Å². The number of likely N-dealkylation sites (tertiary alicyclic amines) is 1. The number of aryl methyl sites for hydroxylation is 2. The Labute approximate surface area is 153 Å². The zero-order valence-corrected chi connectivity index (χ0v) is 15.2. The number of hydrogen-bond acceptors (Lipinski definition) is 5. The van der Waals surface area contributed by atoms with Gasteiger partial charge in [-0.25, -0.2) is 15.0 Å². The fourth-order valence-electron chi connectivity index (χ4n) is 3.73. The van der Waals surface area contributed by atoms with E-state index in [0.29, 0.717) is 17.6 Å². The maximum absolute atomic E-state index is 5.36. The molecule has 1 aliphatic heterocycles. The summed E-state index contributed by atoms with van der Waals surface area (Å²) in [5.74, 6) is 2.45. The minimum Gasteiger partial charge on any atom is -0.461 e. The molecule has 0 radical (unpaired) electrons. The molecule has 0 aliphatic carbocycles. The number of hydrogen-bond donors (Lipinski definition) is 0. The van der Waals surface area contributed by atoms with E-state index in [4.69, 9.17) is 4.42 Å². The molecular weight excluding hydrogens is 326 g/mol. The predicted octanol–water partition coefficient (Wildman–Crippen LogP) is 3.69. The molecule has 1 fully saturated rings. The summed E-state index contributed by atoms with van der Waals surface area (Å²) in [7, 11) is 0. The lowest BCUT2D eigenvalue weighted by Crippen LogP contribution is -2.39. The predicted molar refractivity (Wildman–Crippen MR) is 99.4 cm³/mol. The van der Waals surface area contributed by atoms with E-state index in [1.54, 1.807) is 6.26 Å². The average Bonchev–Trinajstić information content (AvgIpc) is 3.34. The number of nitrogens with zero attached hydrogens (tertiary/aromatic N) is 5. The first-order chi connectivity index (χ1) is 12.8. The van der Waals surface area contributed by atoms with Gasteiger partial charge in [-0.15, -0.1) is 0 Å². The highest BCUT2D eigenvalue weighted by molar-refractivity contribution is 5.45. The number of piperidine rings is 1. The van der Waals surface area contributed by atoms with Crippen LogP contribution in [-0.2, 0) is 13.1 Å². The molecule has 6 heteroatoms. The van der Waals surface area contributed by atoms with Crippen molar-refractivity contribution in [2.75, 3.05) is 6.54 Å². The van der Waals surface area contributed by atoms with Gasteiger partial charge in [-0.1, -0.05) is 6.42 Å². The Morgan fingerprint density at radius 3 is 2.81 bits per heavy atom. The Balaban J connectivity index is 1.39. The van der Waals surface area contributed by atoms with Gasteiger partial charge in [-0.2, -0.15) is 0 Å². The molecule has 0 spiro atoms. The summed E-state index contributed by atoms with van der Waals surface area (Å²) in [6.45, 7) is 5.15. The van der Waals surface area contributed by atoms with Gasteiger partial charge in [0.15, 0.2) is 11.6 Å². The van der Waals surface area contributed by atoms with Crippen molar-refractivity contribution in [3.05, 3.63) is 54.6 Å². The summed E-state index contributed by atoms with van der Waals surface area (Å²) in [6.07, 6.45) is 14.5. The summed E-state index contributed by atoms with van der Waals surface area (Å²) in [4.78, 5) is 15.8. The van der Waals surface area contributed by atoms with Gasteiger partial charge in [0.05, 0.1) is 6.26 Å².